The molecule has 1 aliphatic rings. The van der Waals surface area contributed by atoms with Gasteiger partial charge in [0.15, 0.2) is 14.1 Å². The molecule has 0 aliphatic carbocycles. The Labute approximate surface area is 202 Å². The van der Waals surface area contributed by atoms with Gasteiger partial charge in [0.05, 0.1) is 18.1 Å². The van der Waals surface area contributed by atoms with E-state index in [2.05, 4.69) is 40.8 Å². The van der Waals surface area contributed by atoms with Gasteiger partial charge >= 0.3 is 5.97 Å². The lowest BCUT2D eigenvalue weighted by Crippen LogP contribution is -2.53. The Kier molecular flexibility index (Phi) is 8.99. The smallest absolute Gasteiger partial charge is 0.316 e. The normalized spacial score (nSPS) is 24.4. The van der Waals surface area contributed by atoms with Crippen LogP contribution in [0.5, 0.6) is 5.75 Å². The lowest BCUT2D eigenvalue weighted by molar-refractivity contribution is -0.326. The van der Waals surface area contributed by atoms with Gasteiger partial charge in [-0.25, -0.2) is 0 Å². The highest BCUT2D eigenvalue weighted by Crippen LogP contribution is 2.39. The van der Waals surface area contributed by atoms with Crippen molar-refractivity contribution >= 4 is 14.3 Å². The first kappa shape index (κ1) is 28.0. The second-order valence-electron chi connectivity index (χ2n) is 11.7. The minimum absolute atomic E-state index is 0.00258. The summed E-state index contributed by atoms with van der Waals surface area (Å²) in [5, 5.41) is 0.202. The highest BCUT2D eigenvalue weighted by Gasteiger charge is 2.45. The maximum absolute atomic E-state index is 13.1. The van der Waals surface area contributed by atoms with Crippen LogP contribution in [-0.2, 0) is 18.7 Å². The number of esters is 1. The molecule has 1 saturated heterocycles. The number of para-hydroxylation sites is 1. The van der Waals surface area contributed by atoms with E-state index in [1.807, 2.05) is 52.8 Å². The first-order chi connectivity index (χ1) is 15.1. The van der Waals surface area contributed by atoms with Crippen LogP contribution >= 0.6 is 0 Å². The molecule has 33 heavy (non-hydrogen) atoms. The first-order valence-corrected chi connectivity index (χ1v) is 15.2. The zero-order chi connectivity index (χ0) is 25.2. The van der Waals surface area contributed by atoms with Crippen LogP contribution in [0.2, 0.25) is 18.1 Å². The molecule has 1 heterocycles. The Balaban J connectivity index is 2.03. The number of carbonyl (C=O) groups excluding carboxylic acids is 1. The fourth-order valence-electron chi connectivity index (χ4n) is 4.14. The van der Waals surface area contributed by atoms with Gasteiger partial charge in [0.1, 0.15) is 5.75 Å². The summed E-state index contributed by atoms with van der Waals surface area (Å²) >= 11 is 0. The fraction of sp³-hybridized carbons (Fsp3) is 0.741. The molecule has 0 spiro atoms. The van der Waals surface area contributed by atoms with Crippen molar-refractivity contribution in [3.63, 3.8) is 0 Å². The Morgan fingerprint density at radius 1 is 1.15 bits per heavy atom. The number of aryl methyl sites for hydroxylation is 2. The molecule has 1 fully saturated rings. The third-order valence-electron chi connectivity index (χ3n) is 7.34. The van der Waals surface area contributed by atoms with E-state index in [-0.39, 0.29) is 29.1 Å². The number of hydrogen-bond donors (Lipinski definition) is 0. The molecule has 0 aromatic heterocycles. The maximum atomic E-state index is 13.1. The van der Waals surface area contributed by atoms with Gasteiger partial charge in [-0.1, -0.05) is 45.9 Å². The van der Waals surface area contributed by atoms with E-state index in [9.17, 15) is 4.79 Å². The molecule has 0 N–H and O–H groups in total. The Hall–Kier alpha value is -1.21. The highest BCUT2D eigenvalue weighted by molar-refractivity contribution is 6.74. The molecule has 0 unspecified atom stereocenters. The molecule has 0 saturated carbocycles. The summed E-state index contributed by atoms with van der Waals surface area (Å²) in [6, 6.07) is 5.88. The molecule has 6 heteroatoms. The average Bonchev–Trinajstić information content (AvgIpc) is 2.68. The first-order valence-electron chi connectivity index (χ1n) is 12.3. The third-order valence-corrected chi connectivity index (χ3v) is 11.9. The van der Waals surface area contributed by atoms with E-state index < -0.39 is 20.0 Å². The predicted octanol–water partition coefficient (Wildman–Crippen LogP) is 6.80. The van der Waals surface area contributed by atoms with Crippen LogP contribution < -0.4 is 4.74 Å². The van der Waals surface area contributed by atoms with Crippen molar-refractivity contribution in [2.24, 2.45) is 11.8 Å². The summed E-state index contributed by atoms with van der Waals surface area (Å²) in [6.07, 6.45) is 1.51. The lowest BCUT2D eigenvalue weighted by Gasteiger charge is -2.46. The SMILES string of the molecule is Cc1cccc(C)c1OC(=O)[C@H](C)[C@@H]1OC(C)(C)O[C@H](CCCO[Si](C)(C)C(C)(C)C)[C@@H]1C. The van der Waals surface area contributed by atoms with Crippen LogP contribution in [0.3, 0.4) is 0 Å². The fourth-order valence-corrected chi connectivity index (χ4v) is 5.23. The van der Waals surface area contributed by atoms with Crippen LogP contribution in [0.1, 0.15) is 72.4 Å². The van der Waals surface area contributed by atoms with Crippen LogP contribution in [0, 0.1) is 25.7 Å². The molecular weight excluding hydrogens is 432 g/mol. The predicted molar refractivity (Wildman–Crippen MR) is 136 cm³/mol. The van der Waals surface area contributed by atoms with E-state index >= 15 is 0 Å². The lowest BCUT2D eigenvalue weighted by atomic mass is 9.85. The molecule has 0 bridgehead atoms. The Morgan fingerprint density at radius 2 is 1.73 bits per heavy atom. The standard InChI is InChI=1S/C27H46O5Si/c1-18-14-12-15-19(2)23(18)30-25(28)21(4)24-20(3)22(31-27(8,9)32-24)16-13-17-29-33(10,11)26(5,6)7/h12,14-15,20-22,24H,13,16-17H2,1-11H3/t20-,21+,22+,24+/m0/s1. The van der Waals surface area contributed by atoms with E-state index in [4.69, 9.17) is 18.6 Å². The van der Waals surface area contributed by atoms with Crippen molar-refractivity contribution in [1.82, 2.24) is 0 Å². The summed E-state index contributed by atoms with van der Waals surface area (Å²) in [6.45, 7) is 23.9. The topological polar surface area (TPSA) is 54.0 Å². The van der Waals surface area contributed by atoms with Gasteiger partial charge < -0.3 is 18.6 Å². The van der Waals surface area contributed by atoms with Crippen molar-refractivity contribution < 1.29 is 23.4 Å². The van der Waals surface area contributed by atoms with Gasteiger partial charge in [0.25, 0.3) is 0 Å². The molecule has 4 atom stereocenters. The molecule has 1 aromatic rings. The number of hydrogen-bond acceptors (Lipinski definition) is 5. The molecule has 2 rings (SSSR count). The van der Waals surface area contributed by atoms with Crippen molar-refractivity contribution in [1.29, 1.82) is 0 Å². The molecule has 0 radical (unpaired) electrons. The van der Waals surface area contributed by atoms with E-state index in [1.165, 1.54) is 0 Å². The number of rotatable bonds is 8. The van der Waals surface area contributed by atoms with Gasteiger partial charge in [-0.3, -0.25) is 4.79 Å². The van der Waals surface area contributed by atoms with E-state index in [0.29, 0.717) is 5.75 Å². The molecule has 188 valence electrons. The van der Waals surface area contributed by atoms with Crippen LogP contribution in [0.4, 0.5) is 0 Å². The molecule has 5 nitrogen and oxygen atoms in total. The van der Waals surface area contributed by atoms with Crippen molar-refractivity contribution in [2.75, 3.05) is 6.61 Å². The minimum atomic E-state index is -1.76. The Morgan fingerprint density at radius 3 is 2.27 bits per heavy atom. The van der Waals surface area contributed by atoms with Crippen molar-refractivity contribution in [3.8, 4) is 5.75 Å². The summed E-state index contributed by atoms with van der Waals surface area (Å²) in [5.41, 5.74) is 1.91. The second-order valence-corrected chi connectivity index (χ2v) is 16.5. The van der Waals surface area contributed by atoms with Crippen molar-refractivity contribution in [2.45, 2.75) is 111 Å². The van der Waals surface area contributed by atoms with Gasteiger partial charge in [-0.2, -0.15) is 0 Å². The third kappa shape index (κ3) is 7.14. The molecule has 1 aliphatic heterocycles. The quantitative estimate of drug-likeness (QED) is 0.178. The Bertz CT molecular complexity index is 791. The monoisotopic (exact) mass is 478 g/mol. The summed E-state index contributed by atoms with van der Waals surface area (Å²) in [7, 11) is -1.76. The molecule has 0 amide bonds. The van der Waals surface area contributed by atoms with E-state index in [0.717, 1.165) is 30.6 Å². The largest absolute Gasteiger partial charge is 0.426 e. The molecular formula is C27H46O5Si. The van der Waals surface area contributed by atoms with Gasteiger partial charge in [0, 0.05) is 12.5 Å². The second kappa shape index (κ2) is 10.6. The summed E-state index contributed by atoms with van der Waals surface area (Å²) in [5.74, 6) is -0.718. The number of ether oxygens (including phenoxy) is 3. The van der Waals surface area contributed by atoms with E-state index in [1.54, 1.807) is 0 Å². The van der Waals surface area contributed by atoms with Crippen LogP contribution in [-0.4, -0.2) is 38.9 Å². The maximum Gasteiger partial charge on any atom is 0.316 e. The van der Waals surface area contributed by atoms with Crippen LogP contribution in [0.15, 0.2) is 18.2 Å². The van der Waals surface area contributed by atoms with Crippen LogP contribution in [0.25, 0.3) is 0 Å². The highest BCUT2D eigenvalue weighted by atomic mass is 28.4. The number of benzene rings is 1. The van der Waals surface area contributed by atoms with Gasteiger partial charge in [-0.05, 0) is 76.7 Å². The van der Waals surface area contributed by atoms with Crippen molar-refractivity contribution in [3.05, 3.63) is 29.3 Å². The average molecular weight is 479 g/mol. The van der Waals surface area contributed by atoms with Gasteiger partial charge in [0.2, 0.25) is 0 Å². The zero-order valence-electron chi connectivity index (χ0n) is 22.7. The summed E-state index contributed by atoms with van der Waals surface area (Å²) < 4.78 is 24.7. The molecule has 1 aromatic carbocycles. The number of carbonyl (C=O) groups is 1. The van der Waals surface area contributed by atoms with Gasteiger partial charge in [-0.15, -0.1) is 0 Å². The summed E-state index contributed by atoms with van der Waals surface area (Å²) in [4.78, 5) is 13.1. The zero-order valence-corrected chi connectivity index (χ0v) is 23.7. The minimum Gasteiger partial charge on any atom is -0.426 e.